The van der Waals surface area contributed by atoms with E-state index in [4.69, 9.17) is 37.9 Å². The van der Waals surface area contributed by atoms with Crippen LogP contribution >= 0.6 is 0 Å². The average Bonchev–Trinajstić information content (AvgIpc) is 3.45. The van der Waals surface area contributed by atoms with E-state index in [1.807, 2.05) is 0 Å². The van der Waals surface area contributed by atoms with Crippen LogP contribution < -0.4 is 0 Å². The first-order chi connectivity index (χ1) is 35.3. The average molecular weight is 1080 g/mol. The van der Waals surface area contributed by atoms with Crippen molar-refractivity contribution in [3.8, 4) is 0 Å². The van der Waals surface area contributed by atoms with Crippen molar-refractivity contribution in [2.45, 2.75) is 229 Å². The van der Waals surface area contributed by atoms with Crippen LogP contribution in [0.2, 0.25) is 0 Å². The summed E-state index contributed by atoms with van der Waals surface area (Å²) in [6, 6.07) is 0. The molecule has 0 aromatic rings. The predicted octanol–water partition coefficient (Wildman–Crippen LogP) is -1.54. The second kappa shape index (κ2) is 21.4. The lowest BCUT2D eigenvalue weighted by atomic mass is 9.33. The molecule has 4 heterocycles. The summed E-state index contributed by atoms with van der Waals surface area (Å²) in [5, 5.41) is 138. The molecule has 22 heteroatoms. The summed E-state index contributed by atoms with van der Waals surface area (Å²) >= 11 is 0. The maximum atomic E-state index is 14.8. The molecule has 9 rings (SSSR count). The Hall–Kier alpha value is -1.59. The van der Waals surface area contributed by atoms with E-state index < -0.39 is 159 Å². The molecule has 9 aliphatic rings. The molecular formula is C53H86O22. The number of carbonyl (C=O) groups excluding carboxylic acids is 1. The van der Waals surface area contributed by atoms with Crippen molar-refractivity contribution < 1.29 is 109 Å². The lowest BCUT2D eigenvalue weighted by Crippen LogP contribution is -2.67. The number of aliphatic hydroxyl groups excluding tert-OH is 13. The molecule has 8 fully saturated rings. The van der Waals surface area contributed by atoms with E-state index >= 15 is 0 Å². The van der Waals surface area contributed by atoms with E-state index in [0.717, 1.165) is 32.1 Å². The van der Waals surface area contributed by atoms with Crippen LogP contribution in [-0.4, -0.2) is 222 Å². The van der Waals surface area contributed by atoms with Gasteiger partial charge < -0.3 is 104 Å². The van der Waals surface area contributed by atoms with Crippen LogP contribution in [0, 0.1) is 56.7 Å². The zero-order chi connectivity index (χ0) is 54.6. The maximum absolute atomic E-state index is 14.8. The van der Waals surface area contributed by atoms with Crippen LogP contribution in [0.15, 0.2) is 11.6 Å². The van der Waals surface area contributed by atoms with Gasteiger partial charge in [0.15, 0.2) is 18.9 Å². The normalized spacial score (nSPS) is 54.8. The van der Waals surface area contributed by atoms with Crippen molar-refractivity contribution in [3.05, 3.63) is 11.6 Å². The number of fused-ring (bicyclic) bond motifs is 7. The Balaban J connectivity index is 0.978. The second-order valence-corrected chi connectivity index (χ2v) is 25.3. The van der Waals surface area contributed by atoms with E-state index in [0.29, 0.717) is 31.6 Å². The predicted molar refractivity (Wildman–Crippen MR) is 257 cm³/mol. The minimum absolute atomic E-state index is 0.101. The largest absolute Gasteiger partial charge is 0.432 e. The molecule has 75 heavy (non-hydrogen) atoms. The standard InChI is InChI=1S/C53H86O22/c1-22-10-15-53(48(67)75-46-41(66)38(63)35(60)28(20-56)71-46)17-16-51(6)24(32(53)23(22)2)8-9-30-50(5)13-12-31(49(3,4)29(50)11-14-52(30,51)7)72-47-43(74-45-40(65)37(62)34(59)27(19-55)70-45)42(25(57)21-68-47)73-44-39(64)36(61)33(58)26(18-54)69-44/h8,22-23,25-47,54-66H,9-21H2,1-7H3/t22-,23+,25+,26-,27-,28-,29+,30-,31+,32+,33-,34-,35-,36+,37+,38+,39-,40-,41-,42+,43-,44+,45+,46+,47+,50+,51-,52-,53+/m1/s1. The van der Waals surface area contributed by atoms with Crippen molar-refractivity contribution in [1.82, 2.24) is 0 Å². The second-order valence-electron chi connectivity index (χ2n) is 25.3. The SMILES string of the molecule is C[C@H]1[C@H](C)CC[C@]2(C(=O)O[C@@H]3O[C@H](CO)[C@@H](O)[C@H](O)[C@H]3O)CC[C@]3(C)C(=CC[C@@H]4[C@@]5(C)CC[C@H](O[C@@H]6OC[C@H](O)[C@H](O[C@@H]7O[C@H](CO)[C@@H](O)[C@H](O)[C@H]7O)[C@H]6O[C@@H]6O[C@H](CO)[C@@H](O)[C@H](O)[C@H]6O)C(C)(C)[C@@H]5CC[C@]43C)[C@H]12. The minimum atomic E-state index is -1.87. The highest BCUT2D eigenvalue weighted by Gasteiger charge is 2.70. The van der Waals surface area contributed by atoms with Gasteiger partial charge in [0.1, 0.15) is 91.6 Å². The molecule has 0 unspecified atom stereocenters. The van der Waals surface area contributed by atoms with Gasteiger partial charge in [0.2, 0.25) is 6.29 Å². The molecule has 0 spiro atoms. The summed E-state index contributed by atoms with van der Waals surface area (Å²) in [7, 11) is 0. The maximum Gasteiger partial charge on any atom is 0.315 e. The third-order valence-corrected chi connectivity index (χ3v) is 21.4. The summed E-state index contributed by atoms with van der Waals surface area (Å²) in [6.07, 6.45) is -22.4. The molecule has 0 aromatic carbocycles. The number of esters is 1. The van der Waals surface area contributed by atoms with Gasteiger partial charge in [-0.2, -0.15) is 0 Å². The number of hydrogen-bond acceptors (Lipinski definition) is 22. The zero-order valence-electron chi connectivity index (χ0n) is 44.2. The first kappa shape index (κ1) is 58.1. The van der Waals surface area contributed by atoms with Crippen molar-refractivity contribution in [1.29, 1.82) is 0 Å². The summed E-state index contributed by atoms with van der Waals surface area (Å²) in [4.78, 5) is 14.8. The van der Waals surface area contributed by atoms with E-state index in [-0.39, 0.29) is 46.5 Å². The molecule has 29 atom stereocenters. The Kier molecular flexibility index (Phi) is 16.6. The molecule has 5 aliphatic carbocycles. The summed E-state index contributed by atoms with van der Waals surface area (Å²) in [5.41, 5.74) is -0.943. The van der Waals surface area contributed by atoms with Crippen LogP contribution in [0.5, 0.6) is 0 Å². The van der Waals surface area contributed by atoms with Gasteiger partial charge in [-0.15, -0.1) is 0 Å². The fourth-order valence-corrected chi connectivity index (χ4v) is 16.5. The molecule has 0 amide bonds. The number of ether oxygens (including phenoxy) is 8. The van der Waals surface area contributed by atoms with E-state index in [9.17, 15) is 71.2 Å². The van der Waals surface area contributed by atoms with Gasteiger partial charge in [-0.3, -0.25) is 4.79 Å². The first-order valence-electron chi connectivity index (χ1n) is 27.4. The van der Waals surface area contributed by atoms with Crippen LogP contribution in [-0.2, 0) is 42.7 Å². The zero-order valence-corrected chi connectivity index (χ0v) is 44.2. The van der Waals surface area contributed by atoms with Gasteiger partial charge in [-0.1, -0.05) is 60.1 Å². The number of rotatable bonds is 11. The van der Waals surface area contributed by atoms with Gasteiger partial charge >= 0.3 is 5.97 Å². The van der Waals surface area contributed by atoms with Crippen LogP contribution in [0.1, 0.15) is 106 Å². The molecule has 0 radical (unpaired) electrons. The Morgan fingerprint density at radius 1 is 0.587 bits per heavy atom. The fraction of sp³-hybridized carbons (Fsp3) is 0.943. The Labute approximate surface area is 437 Å². The van der Waals surface area contributed by atoms with Crippen molar-refractivity contribution in [2.75, 3.05) is 26.4 Å². The van der Waals surface area contributed by atoms with Gasteiger partial charge in [-0.25, -0.2) is 0 Å². The Morgan fingerprint density at radius 2 is 1.12 bits per heavy atom. The highest BCUT2D eigenvalue weighted by atomic mass is 16.8. The van der Waals surface area contributed by atoms with Gasteiger partial charge in [0.05, 0.1) is 37.9 Å². The number of aliphatic hydroxyl groups is 13. The molecule has 0 bridgehead atoms. The highest BCUT2D eigenvalue weighted by Crippen LogP contribution is 2.76. The van der Waals surface area contributed by atoms with Crippen LogP contribution in [0.4, 0.5) is 0 Å². The smallest absolute Gasteiger partial charge is 0.315 e. The number of carbonyl (C=O) groups is 1. The fourth-order valence-electron chi connectivity index (χ4n) is 16.5. The molecule has 4 saturated carbocycles. The molecule has 22 nitrogen and oxygen atoms in total. The number of hydrogen-bond donors (Lipinski definition) is 13. The topological polar surface area (TPSA) is 354 Å². The number of allylic oxidation sites excluding steroid dienone is 2. The van der Waals surface area contributed by atoms with E-state index in [1.54, 1.807) is 0 Å². The van der Waals surface area contributed by atoms with Crippen LogP contribution in [0.3, 0.4) is 0 Å². The highest BCUT2D eigenvalue weighted by molar-refractivity contribution is 5.79. The van der Waals surface area contributed by atoms with Crippen molar-refractivity contribution in [2.24, 2.45) is 56.7 Å². The monoisotopic (exact) mass is 1070 g/mol. The lowest BCUT2D eigenvalue weighted by Gasteiger charge is -2.71. The van der Waals surface area contributed by atoms with Gasteiger partial charge in [-0.05, 0) is 109 Å². The lowest BCUT2D eigenvalue weighted by molar-refractivity contribution is -0.389. The molecule has 13 N–H and O–H groups in total. The van der Waals surface area contributed by atoms with Gasteiger partial charge in [0, 0.05) is 0 Å². The van der Waals surface area contributed by atoms with E-state index in [1.165, 1.54) is 5.57 Å². The summed E-state index contributed by atoms with van der Waals surface area (Å²) in [6.45, 7) is 13.4. The molecule has 4 saturated heterocycles. The third-order valence-electron chi connectivity index (χ3n) is 21.4. The third kappa shape index (κ3) is 9.31. The Morgan fingerprint density at radius 3 is 1.68 bits per heavy atom. The molecule has 430 valence electrons. The van der Waals surface area contributed by atoms with Crippen LogP contribution in [0.25, 0.3) is 0 Å². The minimum Gasteiger partial charge on any atom is -0.432 e. The molecular weight excluding hydrogens is 989 g/mol. The van der Waals surface area contributed by atoms with E-state index in [2.05, 4.69) is 54.5 Å². The van der Waals surface area contributed by atoms with Gasteiger partial charge in [0.25, 0.3) is 0 Å². The summed E-state index contributed by atoms with van der Waals surface area (Å²) in [5.74, 6) is 0.0269. The first-order valence-corrected chi connectivity index (χ1v) is 27.4. The van der Waals surface area contributed by atoms with Crippen molar-refractivity contribution in [3.63, 3.8) is 0 Å². The Bertz CT molecular complexity index is 2040. The summed E-state index contributed by atoms with van der Waals surface area (Å²) < 4.78 is 48.8. The van der Waals surface area contributed by atoms with Crippen molar-refractivity contribution >= 4 is 5.97 Å². The molecule has 0 aromatic heterocycles. The quantitative estimate of drug-likeness (QED) is 0.0633. The molecule has 4 aliphatic heterocycles.